The molecule has 0 spiro atoms. The molecular formula is C17H32N2O2. The Morgan fingerprint density at radius 3 is 2.48 bits per heavy atom. The van der Waals surface area contributed by atoms with E-state index in [2.05, 4.69) is 16.7 Å². The average Bonchev–Trinajstić information content (AvgIpc) is 2.49. The summed E-state index contributed by atoms with van der Waals surface area (Å²) >= 11 is 0. The number of hydrogen-bond donors (Lipinski definition) is 1. The molecule has 1 saturated heterocycles. The van der Waals surface area contributed by atoms with Crippen LogP contribution in [0.2, 0.25) is 0 Å². The zero-order valence-corrected chi connectivity index (χ0v) is 13.8. The SMILES string of the molecule is CCN(C(=O)CN1CCCCC1C(C)O)C1CCCCC1. The van der Waals surface area contributed by atoms with Crippen LogP contribution in [-0.4, -0.2) is 58.6 Å². The molecule has 2 aliphatic rings. The van der Waals surface area contributed by atoms with Crippen molar-refractivity contribution < 1.29 is 9.90 Å². The first-order chi connectivity index (χ1) is 10.1. The first-order valence-electron chi connectivity index (χ1n) is 8.85. The highest BCUT2D eigenvalue weighted by molar-refractivity contribution is 5.78. The van der Waals surface area contributed by atoms with Crippen molar-refractivity contribution in [1.82, 2.24) is 9.80 Å². The smallest absolute Gasteiger partial charge is 0.236 e. The van der Waals surface area contributed by atoms with Gasteiger partial charge in [-0.15, -0.1) is 0 Å². The molecule has 2 fully saturated rings. The van der Waals surface area contributed by atoms with Crippen molar-refractivity contribution in [1.29, 1.82) is 0 Å². The lowest BCUT2D eigenvalue weighted by molar-refractivity contribution is -0.136. The Balaban J connectivity index is 1.93. The van der Waals surface area contributed by atoms with E-state index >= 15 is 0 Å². The highest BCUT2D eigenvalue weighted by Gasteiger charge is 2.30. The summed E-state index contributed by atoms with van der Waals surface area (Å²) in [5, 5.41) is 9.94. The Bertz CT molecular complexity index is 327. The standard InChI is InChI=1S/C17H32N2O2/c1-3-19(15-9-5-4-6-10-15)17(21)13-18-12-8-7-11-16(18)14(2)20/h14-16,20H,3-13H2,1-2H3. The van der Waals surface area contributed by atoms with E-state index in [1.165, 1.54) is 38.5 Å². The van der Waals surface area contributed by atoms with Gasteiger partial charge >= 0.3 is 0 Å². The van der Waals surface area contributed by atoms with Gasteiger partial charge in [-0.2, -0.15) is 0 Å². The van der Waals surface area contributed by atoms with E-state index < -0.39 is 0 Å². The molecule has 0 aromatic carbocycles. The number of aliphatic hydroxyl groups is 1. The third-order valence-electron chi connectivity index (χ3n) is 5.24. The topological polar surface area (TPSA) is 43.8 Å². The number of rotatable bonds is 5. The summed E-state index contributed by atoms with van der Waals surface area (Å²) < 4.78 is 0. The first-order valence-corrected chi connectivity index (χ1v) is 8.85. The summed E-state index contributed by atoms with van der Waals surface area (Å²) in [6, 6.07) is 0.610. The molecule has 4 nitrogen and oxygen atoms in total. The Hall–Kier alpha value is -0.610. The maximum absolute atomic E-state index is 12.7. The van der Waals surface area contributed by atoms with Crippen molar-refractivity contribution in [3.8, 4) is 0 Å². The van der Waals surface area contributed by atoms with Crippen LogP contribution in [0.25, 0.3) is 0 Å². The quantitative estimate of drug-likeness (QED) is 0.847. The molecule has 2 unspecified atom stereocenters. The minimum atomic E-state index is -0.345. The lowest BCUT2D eigenvalue weighted by Crippen LogP contribution is -2.52. The van der Waals surface area contributed by atoms with Gasteiger partial charge in [-0.25, -0.2) is 0 Å². The number of carbonyl (C=O) groups excluding carboxylic acids is 1. The van der Waals surface area contributed by atoms with Crippen molar-refractivity contribution in [2.75, 3.05) is 19.6 Å². The van der Waals surface area contributed by atoms with E-state index in [4.69, 9.17) is 0 Å². The van der Waals surface area contributed by atoms with Crippen LogP contribution >= 0.6 is 0 Å². The molecule has 0 aromatic rings. The Labute approximate surface area is 129 Å². The van der Waals surface area contributed by atoms with Crippen LogP contribution in [0.4, 0.5) is 0 Å². The minimum Gasteiger partial charge on any atom is -0.392 e. The maximum Gasteiger partial charge on any atom is 0.236 e. The number of aliphatic hydroxyl groups excluding tert-OH is 1. The van der Waals surface area contributed by atoms with Crippen LogP contribution < -0.4 is 0 Å². The Kier molecular flexibility index (Phi) is 6.49. The number of amides is 1. The first kappa shape index (κ1) is 16.8. The number of likely N-dealkylation sites (tertiary alicyclic amines) is 1. The summed E-state index contributed by atoms with van der Waals surface area (Å²) in [6.07, 6.45) is 9.15. The maximum atomic E-state index is 12.7. The van der Waals surface area contributed by atoms with Gasteiger partial charge in [0.25, 0.3) is 0 Å². The summed E-state index contributed by atoms with van der Waals surface area (Å²) in [5.74, 6) is 0.261. The summed E-state index contributed by atoms with van der Waals surface area (Å²) in [6.45, 7) is 6.20. The van der Waals surface area contributed by atoms with Gasteiger partial charge in [-0.1, -0.05) is 25.7 Å². The van der Waals surface area contributed by atoms with Crippen molar-refractivity contribution >= 4 is 5.91 Å². The monoisotopic (exact) mass is 296 g/mol. The van der Waals surface area contributed by atoms with Gasteiger partial charge in [-0.05, 0) is 46.1 Å². The summed E-state index contributed by atoms with van der Waals surface area (Å²) in [5.41, 5.74) is 0. The Morgan fingerprint density at radius 2 is 1.86 bits per heavy atom. The molecule has 2 atom stereocenters. The largest absolute Gasteiger partial charge is 0.392 e. The number of piperidine rings is 1. The second kappa shape index (κ2) is 8.14. The lowest BCUT2D eigenvalue weighted by Gasteiger charge is -2.40. The molecule has 0 aromatic heterocycles. The normalized spacial score (nSPS) is 26.5. The summed E-state index contributed by atoms with van der Waals surface area (Å²) in [4.78, 5) is 17.0. The van der Waals surface area contributed by atoms with E-state index in [0.717, 1.165) is 25.9 Å². The van der Waals surface area contributed by atoms with Crippen LogP contribution in [-0.2, 0) is 4.79 Å². The highest BCUT2D eigenvalue weighted by Crippen LogP contribution is 2.24. The highest BCUT2D eigenvalue weighted by atomic mass is 16.3. The third-order valence-corrected chi connectivity index (χ3v) is 5.24. The van der Waals surface area contributed by atoms with Crippen molar-refractivity contribution in [3.05, 3.63) is 0 Å². The molecule has 1 aliphatic heterocycles. The van der Waals surface area contributed by atoms with Crippen LogP contribution in [0.15, 0.2) is 0 Å². The molecule has 1 N–H and O–H groups in total. The van der Waals surface area contributed by atoms with E-state index in [1.807, 2.05) is 6.92 Å². The fourth-order valence-corrected chi connectivity index (χ4v) is 4.05. The van der Waals surface area contributed by atoms with Crippen LogP contribution in [0, 0.1) is 0 Å². The second-order valence-corrected chi connectivity index (χ2v) is 6.75. The van der Waals surface area contributed by atoms with E-state index in [9.17, 15) is 9.90 Å². The zero-order chi connectivity index (χ0) is 15.2. The van der Waals surface area contributed by atoms with Crippen molar-refractivity contribution in [2.45, 2.75) is 83.4 Å². The van der Waals surface area contributed by atoms with Gasteiger partial charge < -0.3 is 10.0 Å². The summed E-state index contributed by atoms with van der Waals surface area (Å²) in [7, 11) is 0. The van der Waals surface area contributed by atoms with Gasteiger partial charge in [-0.3, -0.25) is 9.69 Å². The van der Waals surface area contributed by atoms with E-state index in [1.54, 1.807) is 0 Å². The Morgan fingerprint density at radius 1 is 1.19 bits per heavy atom. The molecule has 0 bridgehead atoms. The molecule has 122 valence electrons. The van der Waals surface area contributed by atoms with E-state index in [-0.39, 0.29) is 18.1 Å². The van der Waals surface area contributed by atoms with Crippen LogP contribution in [0.1, 0.15) is 65.2 Å². The van der Waals surface area contributed by atoms with Gasteiger partial charge in [0, 0.05) is 18.6 Å². The van der Waals surface area contributed by atoms with Crippen molar-refractivity contribution in [2.24, 2.45) is 0 Å². The number of likely N-dealkylation sites (N-methyl/N-ethyl adjacent to an activating group) is 1. The molecule has 1 amide bonds. The molecule has 1 aliphatic carbocycles. The number of nitrogens with zero attached hydrogens (tertiary/aromatic N) is 2. The molecule has 21 heavy (non-hydrogen) atoms. The van der Waals surface area contributed by atoms with Gasteiger partial charge in [0.2, 0.25) is 5.91 Å². The van der Waals surface area contributed by atoms with Crippen molar-refractivity contribution in [3.63, 3.8) is 0 Å². The molecule has 1 saturated carbocycles. The van der Waals surface area contributed by atoms with Gasteiger partial charge in [0.15, 0.2) is 0 Å². The van der Waals surface area contributed by atoms with Gasteiger partial charge in [0.05, 0.1) is 12.6 Å². The zero-order valence-electron chi connectivity index (χ0n) is 13.8. The van der Waals surface area contributed by atoms with Crippen LogP contribution in [0.3, 0.4) is 0 Å². The predicted octanol–water partition coefficient (Wildman–Crippen LogP) is 2.40. The van der Waals surface area contributed by atoms with Gasteiger partial charge in [0.1, 0.15) is 0 Å². The molecule has 0 radical (unpaired) electrons. The minimum absolute atomic E-state index is 0.160. The predicted molar refractivity (Wildman–Crippen MR) is 85.2 cm³/mol. The van der Waals surface area contributed by atoms with E-state index in [0.29, 0.717) is 12.6 Å². The fraction of sp³-hybridized carbons (Fsp3) is 0.941. The number of carbonyl (C=O) groups is 1. The molecule has 4 heteroatoms. The third kappa shape index (κ3) is 4.43. The lowest BCUT2D eigenvalue weighted by atomic mass is 9.94. The number of hydrogen-bond acceptors (Lipinski definition) is 3. The fourth-order valence-electron chi connectivity index (χ4n) is 4.05. The molecule has 2 rings (SSSR count). The molecular weight excluding hydrogens is 264 g/mol. The molecule has 1 heterocycles. The average molecular weight is 296 g/mol. The van der Waals surface area contributed by atoms with Crippen LogP contribution in [0.5, 0.6) is 0 Å². The second-order valence-electron chi connectivity index (χ2n) is 6.75.